The number of rotatable bonds is 1. The van der Waals surface area contributed by atoms with Gasteiger partial charge in [-0.1, -0.05) is 13.8 Å². The van der Waals surface area contributed by atoms with Crippen molar-refractivity contribution in [2.24, 2.45) is 28.9 Å². The summed E-state index contributed by atoms with van der Waals surface area (Å²) in [6, 6.07) is 0. The lowest BCUT2D eigenvalue weighted by molar-refractivity contribution is 0.115. The van der Waals surface area contributed by atoms with Crippen molar-refractivity contribution in [3.63, 3.8) is 0 Å². The maximum absolute atomic E-state index is 9.25. The van der Waals surface area contributed by atoms with E-state index in [-0.39, 0.29) is 12.1 Å². The number of aliphatic hydroxyl groups is 1. The lowest BCUT2D eigenvalue weighted by Crippen LogP contribution is -2.48. The SMILES string of the molecule is CC1(C)[C@@H]2C[C@@H](CO)[C@@](C)(N)C[C@@H]21. The smallest absolute Gasteiger partial charge is 0.0476 e. The summed E-state index contributed by atoms with van der Waals surface area (Å²) in [7, 11) is 0. The molecule has 0 bridgehead atoms. The average molecular weight is 183 g/mol. The van der Waals surface area contributed by atoms with E-state index in [2.05, 4.69) is 20.8 Å². The molecule has 0 aromatic carbocycles. The number of fused-ring (bicyclic) bond motifs is 1. The summed E-state index contributed by atoms with van der Waals surface area (Å²) >= 11 is 0. The molecule has 2 nitrogen and oxygen atoms in total. The summed E-state index contributed by atoms with van der Waals surface area (Å²) < 4.78 is 0. The van der Waals surface area contributed by atoms with Crippen LogP contribution in [0.25, 0.3) is 0 Å². The highest BCUT2D eigenvalue weighted by Gasteiger charge is 2.62. The van der Waals surface area contributed by atoms with Crippen LogP contribution in [0.5, 0.6) is 0 Å². The molecule has 76 valence electrons. The van der Waals surface area contributed by atoms with Crippen LogP contribution >= 0.6 is 0 Å². The third-order valence-electron chi connectivity index (χ3n) is 4.64. The topological polar surface area (TPSA) is 46.2 Å². The van der Waals surface area contributed by atoms with E-state index >= 15 is 0 Å². The molecule has 2 saturated carbocycles. The first kappa shape index (κ1) is 9.47. The lowest BCUT2D eigenvalue weighted by Gasteiger charge is -2.36. The van der Waals surface area contributed by atoms with Gasteiger partial charge >= 0.3 is 0 Å². The largest absolute Gasteiger partial charge is 0.396 e. The number of aliphatic hydroxyl groups excluding tert-OH is 1. The molecule has 0 aliphatic heterocycles. The predicted molar refractivity (Wildman–Crippen MR) is 53.2 cm³/mol. The van der Waals surface area contributed by atoms with Crippen molar-refractivity contribution in [2.75, 3.05) is 6.61 Å². The summed E-state index contributed by atoms with van der Waals surface area (Å²) in [5.41, 5.74) is 6.57. The first-order chi connectivity index (χ1) is 5.89. The molecule has 0 heterocycles. The monoisotopic (exact) mass is 183 g/mol. The minimum absolute atomic E-state index is 0.135. The Morgan fingerprint density at radius 3 is 2.46 bits per heavy atom. The fraction of sp³-hybridized carbons (Fsp3) is 1.00. The second-order valence-corrected chi connectivity index (χ2v) is 5.86. The van der Waals surface area contributed by atoms with Gasteiger partial charge in [0.05, 0.1) is 0 Å². The molecule has 2 aliphatic rings. The molecule has 0 spiro atoms. The zero-order valence-corrected chi connectivity index (χ0v) is 8.88. The molecular formula is C11H21NO. The van der Waals surface area contributed by atoms with Crippen LogP contribution in [0.3, 0.4) is 0 Å². The summed E-state index contributed by atoms with van der Waals surface area (Å²) in [4.78, 5) is 0. The zero-order valence-electron chi connectivity index (χ0n) is 8.88. The van der Waals surface area contributed by atoms with Crippen LogP contribution in [0.2, 0.25) is 0 Å². The molecule has 0 aromatic heterocycles. The Morgan fingerprint density at radius 1 is 1.31 bits per heavy atom. The van der Waals surface area contributed by atoms with E-state index in [9.17, 15) is 5.11 Å². The van der Waals surface area contributed by atoms with E-state index in [4.69, 9.17) is 5.73 Å². The van der Waals surface area contributed by atoms with Crippen LogP contribution in [-0.2, 0) is 0 Å². The summed E-state index contributed by atoms with van der Waals surface area (Å²) in [5, 5.41) is 9.25. The predicted octanol–water partition coefficient (Wildman–Crippen LogP) is 1.38. The molecule has 3 N–H and O–H groups in total. The normalized spacial score (nSPS) is 52.8. The molecule has 2 fully saturated rings. The van der Waals surface area contributed by atoms with Crippen LogP contribution in [-0.4, -0.2) is 17.3 Å². The average Bonchev–Trinajstić information content (AvgIpc) is 2.50. The Bertz CT molecular complexity index is 222. The van der Waals surface area contributed by atoms with E-state index in [1.807, 2.05) is 0 Å². The molecule has 4 atom stereocenters. The number of nitrogens with two attached hydrogens (primary N) is 1. The minimum atomic E-state index is -0.135. The Hall–Kier alpha value is -0.0800. The van der Waals surface area contributed by atoms with Crippen LogP contribution < -0.4 is 5.73 Å². The number of hydrogen-bond acceptors (Lipinski definition) is 2. The summed E-state index contributed by atoms with van der Waals surface area (Å²) in [6.45, 7) is 7.02. The van der Waals surface area contributed by atoms with Gasteiger partial charge in [-0.25, -0.2) is 0 Å². The Morgan fingerprint density at radius 2 is 1.92 bits per heavy atom. The van der Waals surface area contributed by atoms with Gasteiger partial charge in [-0.15, -0.1) is 0 Å². The molecule has 0 radical (unpaired) electrons. The van der Waals surface area contributed by atoms with Gasteiger partial charge in [0.15, 0.2) is 0 Å². The quantitative estimate of drug-likeness (QED) is 0.645. The second-order valence-electron chi connectivity index (χ2n) is 5.86. The fourth-order valence-electron chi connectivity index (χ4n) is 3.23. The molecule has 0 amide bonds. The van der Waals surface area contributed by atoms with E-state index in [1.54, 1.807) is 0 Å². The van der Waals surface area contributed by atoms with Gasteiger partial charge in [-0.2, -0.15) is 0 Å². The summed E-state index contributed by atoms with van der Waals surface area (Å²) in [6.07, 6.45) is 2.22. The van der Waals surface area contributed by atoms with Crippen molar-refractivity contribution in [3.8, 4) is 0 Å². The zero-order chi connectivity index (χ0) is 9.85. The van der Waals surface area contributed by atoms with Crippen molar-refractivity contribution in [3.05, 3.63) is 0 Å². The highest BCUT2D eigenvalue weighted by Crippen LogP contribution is 2.67. The lowest BCUT2D eigenvalue weighted by atomic mass is 9.75. The van der Waals surface area contributed by atoms with Gasteiger partial charge in [-0.05, 0) is 42.9 Å². The minimum Gasteiger partial charge on any atom is -0.396 e. The molecule has 2 heteroatoms. The Balaban J connectivity index is 2.13. The van der Waals surface area contributed by atoms with Crippen molar-refractivity contribution >= 4 is 0 Å². The van der Waals surface area contributed by atoms with Crippen molar-refractivity contribution in [1.29, 1.82) is 0 Å². The van der Waals surface area contributed by atoms with Crippen molar-refractivity contribution < 1.29 is 5.11 Å². The molecule has 2 aliphatic carbocycles. The fourth-order valence-corrected chi connectivity index (χ4v) is 3.23. The van der Waals surface area contributed by atoms with Gasteiger partial charge < -0.3 is 10.8 Å². The van der Waals surface area contributed by atoms with Crippen LogP contribution in [0.1, 0.15) is 33.6 Å². The summed E-state index contributed by atoms with van der Waals surface area (Å²) in [5.74, 6) is 1.95. The molecule has 0 unspecified atom stereocenters. The van der Waals surface area contributed by atoms with E-state index < -0.39 is 0 Å². The molecule has 13 heavy (non-hydrogen) atoms. The van der Waals surface area contributed by atoms with Gasteiger partial charge in [-0.3, -0.25) is 0 Å². The van der Waals surface area contributed by atoms with Crippen LogP contribution in [0.4, 0.5) is 0 Å². The third-order valence-corrected chi connectivity index (χ3v) is 4.64. The second kappa shape index (κ2) is 2.48. The molecule has 0 saturated heterocycles. The Labute approximate surface area is 80.5 Å². The Kier molecular flexibility index (Phi) is 1.81. The van der Waals surface area contributed by atoms with Crippen LogP contribution in [0, 0.1) is 23.2 Å². The first-order valence-corrected chi connectivity index (χ1v) is 5.29. The molecular weight excluding hydrogens is 162 g/mol. The standard InChI is InChI=1S/C11H21NO/c1-10(2)8-4-7(6-13)11(3,12)5-9(8)10/h7-9,13H,4-6,12H2,1-3H3/t7-,8+,9-,11-/m0/s1. The van der Waals surface area contributed by atoms with Gasteiger partial charge in [0.1, 0.15) is 0 Å². The third kappa shape index (κ3) is 1.23. The van der Waals surface area contributed by atoms with Crippen molar-refractivity contribution in [1.82, 2.24) is 0 Å². The van der Waals surface area contributed by atoms with E-state index in [0.717, 1.165) is 24.7 Å². The van der Waals surface area contributed by atoms with Gasteiger partial charge in [0.2, 0.25) is 0 Å². The van der Waals surface area contributed by atoms with Crippen molar-refractivity contribution in [2.45, 2.75) is 39.2 Å². The van der Waals surface area contributed by atoms with Gasteiger partial charge in [0, 0.05) is 12.1 Å². The van der Waals surface area contributed by atoms with Crippen LogP contribution in [0.15, 0.2) is 0 Å². The maximum Gasteiger partial charge on any atom is 0.0476 e. The highest BCUT2D eigenvalue weighted by atomic mass is 16.3. The maximum atomic E-state index is 9.25. The molecule has 2 rings (SSSR count). The highest BCUT2D eigenvalue weighted by molar-refractivity contribution is 5.13. The first-order valence-electron chi connectivity index (χ1n) is 5.29. The van der Waals surface area contributed by atoms with E-state index in [1.165, 1.54) is 0 Å². The van der Waals surface area contributed by atoms with Gasteiger partial charge in [0.25, 0.3) is 0 Å². The number of hydrogen-bond donors (Lipinski definition) is 2. The molecule has 0 aromatic rings. The van der Waals surface area contributed by atoms with E-state index in [0.29, 0.717) is 11.3 Å².